The number of anilines is 2. The summed E-state index contributed by atoms with van der Waals surface area (Å²) in [6, 6.07) is 24.9. The van der Waals surface area contributed by atoms with Gasteiger partial charge in [0.2, 0.25) is 0 Å². The van der Waals surface area contributed by atoms with Crippen LogP contribution in [0.5, 0.6) is 5.75 Å². The van der Waals surface area contributed by atoms with Crippen molar-refractivity contribution in [2.24, 2.45) is 0 Å². The highest BCUT2D eigenvalue weighted by Gasteiger charge is 2.14. The number of benzene rings is 3. The average molecular weight is 360 g/mol. The SMILES string of the molecule is CCC(Oc1ccccc1NC(=O)Nc1ccc(C)cc1)c1ccccc1. The Bertz CT molecular complexity index is 876. The van der Waals surface area contributed by atoms with E-state index < -0.39 is 0 Å². The van der Waals surface area contributed by atoms with Gasteiger partial charge in [0.25, 0.3) is 0 Å². The summed E-state index contributed by atoms with van der Waals surface area (Å²) in [6.07, 6.45) is 0.753. The third kappa shape index (κ3) is 5.11. The Morgan fingerprint density at radius 3 is 2.26 bits per heavy atom. The molecule has 0 aliphatic heterocycles. The second-order valence-corrected chi connectivity index (χ2v) is 6.37. The molecule has 0 saturated heterocycles. The van der Waals surface area contributed by atoms with Crippen LogP contribution in [0.3, 0.4) is 0 Å². The molecule has 1 atom stereocenters. The normalized spacial score (nSPS) is 11.5. The summed E-state index contributed by atoms with van der Waals surface area (Å²) in [5, 5.41) is 5.72. The fourth-order valence-electron chi connectivity index (χ4n) is 2.80. The van der Waals surface area contributed by atoms with Crippen molar-refractivity contribution < 1.29 is 9.53 Å². The number of hydrogen-bond donors (Lipinski definition) is 2. The fourth-order valence-corrected chi connectivity index (χ4v) is 2.80. The molecule has 0 aromatic heterocycles. The smallest absolute Gasteiger partial charge is 0.323 e. The number of carbonyl (C=O) groups is 1. The summed E-state index contributed by atoms with van der Waals surface area (Å²) in [5.41, 5.74) is 3.63. The van der Waals surface area contributed by atoms with Crippen molar-refractivity contribution in [2.45, 2.75) is 26.4 Å². The second kappa shape index (κ2) is 8.90. The quantitative estimate of drug-likeness (QED) is 0.552. The van der Waals surface area contributed by atoms with Gasteiger partial charge in [0, 0.05) is 5.69 Å². The van der Waals surface area contributed by atoms with Gasteiger partial charge in [-0.25, -0.2) is 4.79 Å². The summed E-state index contributed by atoms with van der Waals surface area (Å²) in [4.78, 5) is 12.4. The van der Waals surface area contributed by atoms with Gasteiger partial charge in [-0.15, -0.1) is 0 Å². The molecule has 0 bridgehead atoms. The van der Waals surface area contributed by atoms with Crippen LogP contribution in [0.1, 0.15) is 30.6 Å². The van der Waals surface area contributed by atoms with Crippen LogP contribution in [0.15, 0.2) is 78.9 Å². The molecule has 2 amide bonds. The molecule has 138 valence electrons. The molecule has 27 heavy (non-hydrogen) atoms. The molecule has 0 saturated carbocycles. The van der Waals surface area contributed by atoms with Gasteiger partial charge < -0.3 is 15.4 Å². The van der Waals surface area contributed by atoms with E-state index in [1.807, 2.05) is 85.8 Å². The molecule has 0 aliphatic rings. The van der Waals surface area contributed by atoms with Gasteiger partial charge in [0.05, 0.1) is 5.69 Å². The second-order valence-electron chi connectivity index (χ2n) is 6.37. The highest BCUT2D eigenvalue weighted by atomic mass is 16.5. The third-order valence-corrected chi connectivity index (χ3v) is 4.26. The third-order valence-electron chi connectivity index (χ3n) is 4.26. The van der Waals surface area contributed by atoms with Crippen molar-refractivity contribution in [3.05, 3.63) is 90.0 Å². The Morgan fingerprint density at radius 2 is 1.56 bits per heavy atom. The summed E-state index contributed by atoms with van der Waals surface area (Å²) in [5.74, 6) is 0.646. The van der Waals surface area contributed by atoms with Crippen LogP contribution in [0.2, 0.25) is 0 Å². The standard InChI is InChI=1S/C23H24N2O2/c1-3-21(18-9-5-4-6-10-18)27-22-12-8-7-11-20(22)25-23(26)24-19-15-13-17(2)14-16-19/h4-16,21H,3H2,1-2H3,(H2,24,25,26). The first-order valence-electron chi connectivity index (χ1n) is 9.11. The van der Waals surface area contributed by atoms with E-state index >= 15 is 0 Å². The first-order chi connectivity index (χ1) is 13.2. The van der Waals surface area contributed by atoms with Crippen LogP contribution in [0, 0.1) is 6.92 Å². The summed E-state index contributed by atoms with van der Waals surface area (Å²) < 4.78 is 6.21. The van der Waals surface area contributed by atoms with Gasteiger partial charge in [0.1, 0.15) is 11.9 Å². The van der Waals surface area contributed by atoms with Gasteiger partial charge in [-0.3, -0.25) is 0 Å². The van der Waals surface area contributed by atoms with Crippen molar-refractivity contribution in [1.29, 1.82) is 0 Å². The monoisotopic (exact) mass is 360 g/mol. The Kier molecular flexibility index (Phi) is 6.10. The zero-order chi connectivity index (χ0) is 19.1. The van der Waals surface area contributed by atoms with E-state index in [0.29, 0.717) is 11.4 Å². The fraction of sp³-hybridized carbons (Fsp3) is 0.174. The number of hydrogen-bond acceptors (Lipinski definition) is 2. The maximum absolute atomic E-state index is 12.4. The van der Waals surface area contributed by atoms with Crippen LogP contribution in [-0.2, 0) is 0 Å². The number of para-hydroxylation sites is 2. The lowest BCUT2D eigenvalue weighted by Crippen LogP contribution is -2.20. The molecule has 0 spiro atoms. The average Bonchev–Trinajstić information content (AvgIpc) is 2.69. The predicted molar refractivity (Wildman–Crippen MR) is 110 cm³/mol. The van der Waals surface area contributed by atoms with Crippen LogP contribution >= 0.6 is 0 Å². The molecular weight excluding hydrogens is 336 g/mol. The van der Waals surface area contributed by atoms with E-state index in [9.17, 15) is 4.79 Å². The lowest BCUT2D eigenvalue weighted by atomic mass is 10.1. The molecule has 3 rings (SSSR count). The van der Waals surface area contributed by atoms with Gasteiger partial charge >= 0.3 is 6.03 Å². The van der Waals surface area contributed by atoms with Crippen LogP contribution in [0.4, 0.5) is 16.2 Å². The topological polar surface area (TPSA) is 50.4 Å². The van der Waals surface area contributed by atoms with Gasteiger partial charge in [0.15, 0.2) is 0 Å². The minimum atomic E-state index is -0.303. The number of amides is 2. The van der Waals surface area contributed by atoms with E-state index in [0.717, 1.165) is 23.2 Å². The minimum absolute atomic E-state index is 0.0747. The van der Waals surface area contributed by atoms with E-state index in [4.69, 9.17) is 4.74 Å². The van der Waals surface area contributed by atoms with Gasteiger partial charge in [-0.2, -0.15) is 0 Å². The molecule has 1 unspecified atom stereocenters. The molecular formula is C23H24N2O2. The van der Waals surface area contributed by atoms with Crippen LogP contribution in [0.25, 0.3) is 0 Å². The van der Waals surface area contributed by atoms with Gasteiger partial charge in [-0.05, 0) is 43.2 Å². The molecule has 0 radical (unpaired) electrons. The number of aryl methyl sites for hydroxylation is 1. The molecule has 0 heterocycles. The summed E-state index contributed by atoms with van der Waals surface area (Å²) in [6.45, 7) is 4.09. The number of carbonyl (C=O) groups excluding carboxylic acids is 1. The van der Waals surface area contributed by atoms with Crippen molar-refractivity contribution in [3.63, 3.8) is 0 Å². The molecule has 4 nitrogen and oxygen atoms in total. The summed E-state index contributed by atoms with van der Waals surface area (Å²) in [7, 11) is 0. The van der Waals surface area contributed by atoms with Gasteiger partial charge in [-0.1, -0.05) is 67.1 Å². The van der Waals surface area contributed by atoms with Crippen molar-refractivity contribution in [3.8, 4) is 5.75 Å². The van der Waals surface area contributed by atoms with Crippen LogP contribution in [-0.4, -0.2) is 6.03 Å². The van der Waals surface area contributed by atoms with Crippen molar-refractivity contribution in [1.82, 2.24) is 0 Å². The van der Waals surface area contributed by atoms with E-state index in [1.165, 1.54) is 0 Å². The first-order valence-corrected chi connectivity index (χ1v) is 9.11. The summed E-state index contributed by atoms with van der Waals surface area (Å²) >= 11 is 0. The lowest BCUT2D eigenvalue weighted by molar-refractivity contribution is 0.202. The number of ether oxygens (including phenoxy) is 1. The number of rotatable bonds is 6. The zero-order valence-corrected chi connectivity index (χ0v) is 15.6. The molecule has 0 aliphatic carbocycles. The van der Waals surface area contributed by atoms with Crippen molar-refractivity contribution >= 4 is 17.4 Å². The first kappa shape index (κ1) is 18.5. The Hall–Kier alpha value is -3.27. The highest BCUT2D eigenvalue weighted by Crippen LogP contribution is 2.30. The Labute approximate surface area is 160 Å². The predicted octanol–water partition coefficient (Wildman–Crippen LogP) is 6.17. The van der Waals surface area contributed by atoms with E-state index in [2.05, 4.69) is 17.6 Å². The molecule has 3 aromatic carbocycles. The largest absolute Gasteiger partial charge is 0.484 e. The van der Waals surface area contributed by atoms with E-state index in [-0.39, 0.29) is 12.1 Å². The molecule has 4 heteroatoms. The molecule has 3 aromatic rings. The molecule has 2 N–H and O–H groups in total. The maximum Gasteiger partial charge on any atom is 0.323 e. The van der Waals surface area contributed by atoms with Crippen LogP contribution < -0.4 is 15.4 Å². The number of urea groups is 1. The molecule has 0 fully saturated rings. The minimum Gasteiger partial charge on any atom is -0.484 e. The van der Waals surface area contributed by atoms with Crippen molar-refractivity contribution in [2.75, 3.05) is 10.6 Å². The number of nitrogens with one attached hydrogen (secondary N) is 2. The maximum atomic E-state index is 12.4. The Balaban J connectivity index is 1.71. The highest BCUT2D eigenvalue weighted by molar-refractivity contribution is 6.00. The Morgan fingerprint density at radius 1 is 0.889 bits per heavy atom. The lowest BCUT2D eigenvalue weighted by Gasteiger charge is -2.20. The zero-order valence-electron chi connectivity index (χ0n) is 15.6. The van der Waals surface area contributed by atoms with E-state index in [1.54, 1.807) is 0 Å².